The molecule has 4 bridgehead atoms. The van der Waals surface area contributed by atoms with Gasteiger partial charge in [-0.1, -0.05) is 38.1 Å². The van der Waals surface area contributed by atoms with Crippen LogP contribution in [0.25, 0.3) is 0 Å². The molecular formula is C30H41FN3O3P. The van der Waals surface area contributed by atoms with Crippen LogP contribution in [0.2, 0.25) is 0 Å². The number of amides is 1. The van der Waals surface area contributed by atoms with Crippen molar-refractivity contribution in [1.82, 2.24) is 10.1 Å². The maximum absolute atomic E-state index is 14.2. The maximum atomic E-state index is 14.2. The van der Waals surface area contributed by atoms with E-state index in [2.05, 4.69) is 25.9 Å². The van der Waals surface area contributed by atoms with Gasteiger partial charge in [0.05, 0.1) is 0 Å². The second-order valence-corrected chi connectivity index (χ2v) is 17.9. The third-order valence-electron chi connectivity index (χ3n) is 10.1. The molecule has 206 valence electrons. The molecule has 0 spiro atoms. The monoisotopic (exact) mass is 541 g/mol. The number of carbonyl (C=O) groups excluding carboxylic acids is 1. The summed E-state index contributed by atoms with van der Waals surface area (Å²) in [7, 11) is -2.47. The fraction of sp³-hybridized carbons (Fsp3) is 0.700. The molecule has 0 radical (unpaired) electrons. The van der Waals surface area contributed by atoms with Gasteiger partial charge in [0.2, 0.25) is 11.8 Å². The molecule has 1 amide bonds. The van der Waals surface area contributed by atoms with Crippen molar-refractivity contribution in [3.63, 3.8) is 0 Å². The third-order valence-corrected chi connectivity index (χ3v) is 11.6. The van der Waals surface area contributed by atoms with Crippen molar-refractivity contribution >= 4 is 24.0 Å². The normalized spacial score (nSPS) is 33.9. The zero-order valence-corrected chi connectivity index (χ0v) is 24.4. The highest BCUT2D eigenvalue weighted by Gasteiger charge is 2.69. The molecule has 0 saturated heterocycles. The van der Waals surface area contributed by atoms with E-state index in [4.69, 9.17) is 9.51 Å². The number of carbonyl (C=O) groups is 1. The van der Waals surface area contributed by atoms with E-state index >= 15 is 0 Å². The van der Waals surface area contributed by atoms with Crippen LogP contribution < -0.4 is 10.2 Å². The topological polar surface area (TPSA) is 76.3 Å². The Bertz CT molecular complexity index is 1280. The van der Waals surface area contributed by atoms with Gasteiger partial charge in [-0.15, -0.1) is 0 Å². The molecule has 0 atom stereocenters. The van der Waals surface area contributed by atoms with Crippen LogP contribution in [0.4, 0.5) is 10.1 Å². The van der Waals surface area contributed by atoms with Crippen molar-refractivity contribution in [3.05, 3.63) is 36.0 Å². The molecule has 1 aromatic heterocycles. The van der Waals surface area contributed by atoms with Crippen molar-refractivity contribution in [3.8, 4) is 0 Å². The lowest BCUT2D eigenvalue weighted by Gasteiger charge is -2.66. The maximum Gasteiger partial charge on any atom is 0.232 e. The number of benzene rings is 1. The summed E-state index contributed by atoms with van der Waals surface area (Å²) in [6.07, 6.45) is 7.91. The average molecular weight is 542 g/mol. The van der Waals surface area contributed by atoms with Crippen LogP contribution in [-0.2, 0) is 20.2 Å². The molecule has 6 aliphatic rings. The molecule has 6 nitrogen and oxygen atoms in total. The number of halogens is 1. The molecule has 8 rings (SSSR count). The van der Waals surface area contributed by atoms with Gasteiger partial charge in [0.1, 0.15) is 12.8 Å². The van der Waals surface area contributed by atoms with Crippen LogP contribution >= 0.6 is 7.14 Å². The first-order valence-corrected chi connectivity index (χ1v) is 16.7. The van der Waals surface area contributed by atoms with E-state index in [-0.39, 0.29) is 27.6 Å². The molecule has 0 aliphatic heterocycles. The summed E-state index contributed by atoms with van der Waals surface area (Å²) in [5.41, 5.74) is -0.528. The highest BCUT2D eigenvalue weighted by molar-refractivity contribution is 7.70. The first-order valence-electron chi connectivity index (χ1n) is 14.1. The number of nitrogens with zero attached hydrogens (tertiary/aromatic N) is 3. The SMILES string of the molecule is CC(C)(C)c1noc(C23CCC(CN(C(=O)CC45CC(F)(C4)C5)c4cccc(P(C)(C)=O)c4)(CC2)CC3)n1. The number of alkyl halides is 1. The Morgan fingerprint density at radius 1 is 1.05 bits per heavy atom. The zero-order valence-electron chi connectivity index (χ0n) is 23.5. The lowest BCUT2D eigenvalue weighted by molar-refractivity contribution is -0.215. The van der Waals surface area contributed by atoms with Gasteiger partial charge in [-0.05, 0) is 94.1 Å². The Balaban J connectivity index is 1.24. The second kappa shape index (κ2) is 8.25. The first-order chi connectivity index (χ1) is 17.6. The van der Waals surface area contributed by atoms with Crippen molar-refractivity contribution in [2.24, 2.45) is 10.8 Å². The third kappa shape index (κ3) is 4.37. The van der Waals surface area contributed by atoms with E-state index in [9.17, 15) is 13.8 Å². The summed E-state index contributed by atoms with van der Waals surface area (Å²) in [6, 6.07) is 7.71. The number of hydrogen-bond acceptors (Lipinski definition) is 5. The van der Waals surface area contributed by atoms with Crippen LogP contribution in [0.5, 0.6) is 0 Å². The molecular weight excluding hydrogens is 500 g/mol. The van der Waals surface area contributed by atoms with E-state index in [1.54, 1.807) is 13.3 Å². The largest absolute Gasteiger partial charge is 0.339 e. The quantitative estimate of drug-likeness (QED) is 0.373. The molecule has 0 N–H and O–H groups in total. The number of rotatable bonds is 7. The van der Waals surface area contributed by atoms with Gasteiger partial charge < -0.3 is 14.0 Å². The fourth-order valence-corrected chi connectivity index (χ4v) is 8.57. The van der Waals surface area contributed by atoms with E-state index in [1.165, 1.54) is 0 Å². The summed E-state index contributed by atoms with van der Waals surface area (Å²) in [6.45, 7) is 10.5. The minimum absolute atomic E-state index is 0.0309. The number of fused-ring (bicyclic) bond motifs is 3. The van der Waals surface area contributed by atoms with E-state index in [1.807, 2.05) is 29.2 Å². The Morgan fingerprint density at radius 2 is 1.68 bits per heavy atom. The lowest BCUT2D eigenvalue weighted by Crippen LogP contribution is -2.65. The molecule has 38 heavy (non-hydrogen) atoms. The predicted molar refractivity (Wildman–Crippen MR) is 147 cm³/mol. The highest BCUT2D eigenvalue weighted by atomic mass is 31.2. The van der Waals surface area contributed by atoms with Gasteiger partial charge in [-0.2, -0.15) is 4.98 Å². The minimum atomic E-state index is -2.47. The van der Waals surface area contributed by atoms with Gasteiger partial charge in [-0.3, -0.25) is 4.79 Å². The van der Waals surface area contributed by atoms with Crippen LogP contribution in [0.15, 0.2) is 28.8 Å². The van der Waals surface area contributed by atoms with Crippen LogP contribution in [0.3, 0.4) is 0 Å². The van der Waals surface area contributed by atoms with Gasteiger partial charge >= 0.3 is 0 Å². The average Bonchev–Trinajstić information content (AvgIpc) is 3.34. The Hall–Kier alpha value is -2.01. The Morgan fingerprint density at radius 3 is 2.21 bits per heavy atom. The summed E-state index contributed by atoms with van der Waals surface area (Å²) in [5.74, 6) is 1.62. The summed E-state index contributed by atoms with van der Waals surface area (Å²) >= 11 is 0. The summed E-state index contributed by atoms with van der Waals surface area (Å²) in [4.78, 5) is 20.7. The predicted octanol–water partition coefficient (Wildman–Crippen LogP) is 6.52. The zero-order chi connectivity index (χ0) is 27.2. The molecule has 1 aromatic carbocycles. The van der Waals surface area contributed by atoms with Crippen LogP contribution in [-0.4, -0.2) is 41.6 Å². The molecule has 6 aliphatic carbocycles. The van der Waals surface area contributed by atoms with Crippen LogP contribution in [0.1, 0.15) is 96.7 Å². The molecule has 2 aromatic rings. The number of aromatic nitrogens is 2. The highest BCUT2D eigenvalue weighted by Crippen LogP contribution is 2.71. The molecule has 6 fully saturated rings. The lowest BCUT2D eigenvalue weighted by atomic mass is 9.41. The number of hydrogen-bond donors (Lipinski definition) is 0. The fourth-order valence-electron chi connectivity index (χ4n) is 7.68. The molecule has 0 unspecified atom stereocenters. The Kier molecular flexibility index (Phi) is 5.70. The van der Waals surface area contributed by atoms with Gasteiger partial charge in [0.25, 0.3) is 0 Å². The van der Waals surface area contributed by atoms with Gasteiger partial charge in [-0.25, -0.2) is 4.39 Å². The van der Waals surface area contributed by atoms with Crippen molar-refractivity contribution in [2.45, 2.75) is 101 Å². The molecule has 6 saturated carbocycles. The molecule has 8 heteroatoms. The van der Waals surface area contributed by atoms with Crippen molar-refractivity contribution in [1.29, 1.82) is 0 Å². The smallest absolute Gasteiger partial charge is 0.232 e. The van der Waals surface area contributed by atoms with Crippen molar-refractivity contribution in [2.75, 3.05) is 24.8 Å². The minimum Gasteiger partial charge on any atom is -0.339 e. The van der Waals surface area contributed by atoms with Crippen LogP contribution in [0, 0.1) is 10.8 Å². The first kappa shape index (κ1) is 26.2. The van der Waals surface area contributed by atoms with Crippen molar-refractivity contribution < 1.29 is 18.3 Å². The van der Waals surface area contributed by atoms with Gasteiger partial charge in [0, 0.05) is 34.8 Å². The standard InChI is InChI=1S/C30H41FN3O3P/c1-26(2,3)24-32-25(37-33-24)29-12-9-27(10-13-29,11-14-29)20-34(21-7-6-8-22(15-21)38(4,5)36)23(35)16-28-17-30(31,18-28)19-28/h6-8,15H,9-14,16-20H2,1-5H3. The van der Waals surface area contributed by atoms with E-state index in [0.717, 1.165) is 61.2 Å². The Labute approximate surface area is 225 Å². The summed E-state index contributed by atoms with van der Waals surface area (Å²) < 4.78 is 32.9. The second-order valence-electron chi connectivity index (χ2n) is 14.7. The van der Waals surface area contributed by atoms with E-state index < -0.39 is 12.8 Å². The summed E-state index contributed by atoms with van der Waals surface area (Å²) in [5, 5.41) is 5.09. The molecule has 1 heterocycles. The van der Waals surface area contributed by atoms with Gasteiger partial charge in [0.15, 0.2) is 5.82 Å². The van der Waals surface area contributed by atoms with E-state index in [0.29, 0.717) is 32.2 Å². The number of anilines is 1.